The maximum Gasteiger partial charge on any atom is 0.213 e. The summed E-state index contributed by atoms with van der Waals surface area (Å²) in [5, 5.41) is 15.3. The number of ether oxygens (including phenoxy) is 1. The van der Waals surface area contributed by atoms with Crippen LogP contribution in [0.1, 0.15) is 34.9 Å². The maximum atomic E-state index is 11.2. The van der Waals surface area contributed by atoms with Gasteiger partial charge in [0.1, 0.15) is 11.0 Å². The van der Waals surface area contributed by atoms with Crippen LogP contribution in [-0.2, 0) is 26.0 Å². The van der Waals surface area contributed by atoms with Crippen molar-refractivity contribution in [3.05, 3.63) is 114 Å². The summed E-state index contributed by atoms with van der Waals surface area (Å²) < 4.78 is 45.9. The summed E-state index contributed by atoms with van der Waals surface area (Å²) in [6.45, 7) is 0.984. The van der Waals surface area contributed by atoms with Gasteiger partial charge in [-0.1, -0.05) is 48.5 Å². The van der Waals surface area contributed by atoms with E-state index in [1.165, 1.54) is 0 Å². The van der Waals surface area contributed by atoms with Gasteiger partial charge in [-0.2, -0.15) is 8.90 Å². The smallest absolute Gasteiger partial charge is 0.213 e. The molecule has 5 rings (SSSR count). The summed E-state index contributed by atoms with van der Waals surface area (Å²) in [4.78, 5) is 2.15. The van der Waals surface area contributed by atoms with Crippen LogP contribution in [0.15, 0.2) is 96.7 Å². The Morgan fingerprint density at radius 2 is 1.72 bits per heavy atom. The first-order chi connectivity index (χ1) is 20.9. The minimum atomic E-state index is -4.27. The number of unbranched alkanes of at least 4 members (excludes halogenated alkanes) is 1. The second-order valence-corrected chi connectivity index (χ2v) is 12.4. The van der Waals surface area contributed by atoms with Crippen molar-refractivity contribution in [3.8, 4) is 5.75 Å². The number of para-hydroxylation sites is 2. The summed E-state index contributed by atoms with van der Waals surface area (Å²) in [5.74, 6) is 0.329. The number of hydrogen-bond donors (Lipinski definition) is 0. The number of anilines is 1. The van der Waals surface area contributed by atoms with Gasteiger partial charge in [-0.05, 0) is 60.4 Å². The SMILES string of the molecule is COc1ccc(C(C[n+]2c(C=C3C=Cc4ccccc4N3CCCCS(=O)(=O)[O-])ccc3ccccc32)SOO[O-])cc1. The second kappa shape index (κ2) is 14.2. The summed E-state index contributed by atoms with van der Waals surface area (Å²) in [7, 11) is -2.66. The van der Waals surface area contributed by atoms with E-state index in [1.54, 1.807) is 7.11 Å². The lowest BCUT2D eigenvalue weighted by atomic mass is 10.0. The maximum absolute atomic E-state index is 11.2. The number of pyridine rings is 1. The van der Waals surface area contributed by atoms with E-state index in [9.17, 15) is 18.2 Å². The Bertz CT molecular complexity index is 1720. The fourth-order valence-electron chi connectivity index (χ4n) is 5.20. The lowest BCUT2D eigenvalue weighted by molar-refractivity contribution is -0.777. The molecule has 0 N–H and O–H groups in total. The molecule has 11 heteroatoms. The summed E-state index contributed by atoms with van der Waals surface area (Å²) in [6.07, 6.45) is 6.99. The van der Waals surface area contributed by atoms with E-state index in [-0.39, 0.29) is 17.4 Å². The Labute approximate surface area is 255 Å². The van der Waals surface area contributed by atoms with Crippen molar-refractivity contribution >= 4 is 50.9 Å². The van der Waals surface area contributed by atoms with E-state index in [2.05, 4.69) is 32.7 Å². The van der Waals surface area contributed by atoms with E-state index in [4.69, 9.17) is 9.07 Å². The molecule has 0 aliphatic carbocycles. The molecule has 2 heterocycles. The fraction of sp³-hybridized carbons (Fsp3) is 0.219. The van der Waals surface area contributed by atoms with Crippen LogP contribution in [0.4, 0.5) is 5.69 Å². The summed E-state index contributed by atoms with van der Waals surface area (Å²) >= 11 is 0.937. The van der Waals surface area contributed by atoms with Crippen molar-refractivity contribution in [2.24, 2.45) is 0 Å². The first-order valence-corrected chi connectivity index (χ1v) is 16.1. The highest BCUT2D eigenvalue weighted by Gasteiger charge is 2.25. The number of fused-ring (bicyclic) bond motifs is 2. The normalized spacial score (nSPS) is 14.7. The number of benzene rings is 3. The molecule has 1 aliphatic heterocycles. The molecule has 1 unspecified atom stereocenters. The average Bonchev–Trinajstić information content (AvgIpc) is 3.02. The predicted octanol–water partition coefficient (Wildman–Crippen LogP) is 4.95. The molecular formula is C32H31N2O7S2-. The van der Waals surface area contributed by atoms with E-state index >= 15 is 0 Å². The van der Waals surface area contributed by atoms with Crippen molar-refractivity contribution in [2.75, 3.05) is 24.3 Å². The zero-order valence-electron chi connectivity index (χ0n) is 23.5. The highest BCUT2D eigenvalue weighted by Crippen LogP contribution is 2.34. The summed E-state index contributed by atoms with van der Waals surface area (Å²) in [6, 6.07) is 27.8. The third-order valence-electron chi connectivity index (χ3n) is 7.29. The Morgan fingerprint density at radius 3 is 2.49 bits per heavy atom. The van der Waals surface area contributed by atoms with Crippen molar-refractivity contribution in [2.45, 2.75) is 24.6 Å². The first-order valence-electron chi connectivity index (χ1n) is 13.7. The van der Waals surface area contributed by atoms with Crippen molar-refractivity contribution in [1.29, 1.82) is 0 Å². The minimum Gasteiger partial charge on any atom is -0.748 e. The van der Waals surface area contributed by atoms with Gasteiger partial charge in [-0.15, -0.1) is 0 Å². The van der Waals surface area contributed by atoms with Gasteiger partial charge in [0.15, 0.2) is 6.54 Å². The molecule has 43 heavy (non-hydrogen) atoms. The van der Waals surface area contributed by atoms with Gasteiger partial charge in [0.25, 0.3) is 0 Å². The van der Waals surface area contributed by atoms with Gasteiger partial charge < -0.3 is 19.4 Å². The quantitative estimate of drug-likeness (QED) is 0.0512. The van der Waals surface area contributed by atoms with Gasteiger partial charge in [0.2, 0.25) is 11.2 Å². The van der Waals surface area contributed by atoms with Gasteiger partial charge in [-0.25, -0.2) is 8.42 Å². The Kier molecular flexibility index (Phi) is 10.1. The third kappa shape index (κ3) is 7.82. The molecule has 1 aliphatic rings. The predicted molar refractivity (Wildman–Crippen MR) is 164 cm³/mol. The number of aromatic nitrogens is 1. The number of rotatable bonds is 13. The van der Waals surface area contributed by atoms with Gasteiger partial charge >= 0.3 is 0 Å². The van der Waals surface area contributed by atoms with E-state index in [0.29, 0.717) is 25.3 Å². The zero-order chi connectivity index (χ0) is 30.2. The van der Waals surface area contributed by atoms with Crippen LogP contribution in [0.3, 0.4) is 0 Å². The molecule has 1 atom stereocenters. The van der Waals surface area contributed by atoms with E-state index in [1.807, 2.05) is 84.9 Å². The molecule has 0 bridgehead atoms. The Hall–Kier alpha value is -3.71. The van der Waals surface area contributed by atoms with Crippen molar-refractivity contribution < 1.29 is 36.9 Å². The Morgan fingerprint density at radius 1 is 0.953 bits per heavy atom. The molecule has 4 aromatic rings. The fourth-order valence-corrected chi connectivity index (χ4v) is 6.36. The van der Waals surface area contributed by atoms with E-state index < -0.39 is 10.1 Å². The lowest BCUT2D eigenvalue weighted by Gasteiger charge is -2.30. The second-order valence-electron chi connectivity index (χ2n) is 10.0. The van der Waals surface area contributed by atoms with Crippen LogP contribution in [0.25, 0.3) is 23.1 Å². The first kappa shape index (κ1) is 30.7. The molecule has 224 valence electrons. The van der Waals surface area contributed by atoms with Crippen LogP contribution in [0.2, 0.25) is 0 Å². The molecule has 1 aromatic heterocycles. The number of nitrogens with zero attached hydrogens (tertiary/aromatic N) is 2. The third-order valence-corrected chi connectivity index (χ3v) is 8.86. The lowest BCUT2D eigenvalue weighted by Crippen LogP contribution is -2.40. The topological polar surface area (TPSA) is 115 Å². The van der Waals surface area contributed by atoms with Crippen LogP contribution >= 0.6 is 12.0 Å². The van der Waals surface area contributed by atoms with Crippen LogP contribution < -0.4 is 19.5 Å². The van der Waals surface area contributed by atoms with Crippen molar-refractivity contribution in [1.82, 2.24) is 0 Å². The molecule has 0 radical (unpaired) electrons. The van der Waals surface area contributed by atoms with E-state index in [0.717, 1.165) is 51.2 Å². The molecule has 3 aromatic carbocycles. The zero-order valence-corrected chi connectivity index (χ0v) is 25.1. The molecule has 0 fully saturated rings. The standard InChI is InChI=1S/C32H32N2O7S2/c1-39-29-18-14-26(15-19-29)32(42-41-40-35)23-34-28(17-13-25-9-3-5-11-31(25)34)22-27-16-12-24-8-2-4-10-30(24)33(27)20-6-7-21-43(36,37)38/h2-5,8-19,22,32H,6-7,20-21,23H2,1H3,(H-,35,36,37,38)/p-1. The van der Waals surface area contributed by atoms with Crippen LogP contribution in [0.5, 0.6) is 5.75 Å². The molecule has 9 nitrogen and oxygen atoms in total. The number of allylic oxidation sites excluding steroid dienone is 1. The largest absolute Gasteiger partial charge is 0.748 e. The van der Waals surface area contributed by atoms with Crippen molar-refractivity contribution in [3.63, 3.8) is 0 Å². The van der Waals surface area contributed by atoms with Gasteiger partial charge in [0.05, 0.1) is 17.2 Å². The molecular weight excluding hydrogens is 588 g/mol. The van der Waals surface area contributed by atoms with Gasteiger partial charge in [0, 0.05) is 59.3 Å². The monoisotopic (exact) mass is 619 g/mol. The highest BCUT2D eigenvalue weighted by atomic mass is 32.2. The molecule has 0 amide bonds. The Balaban J connectivity index is 1.55. The number of hydrogen-bond acceptors (Lipinski definition) is 9. The number of methoxy groups -OCH3 is 1. The molecule has 0 saturated heterocycles. The van der Waals surface area contributed by atoms with Crippen LogP contribution in [-0.4, -0.2) is 32.4 Å². The molecule has 0 saturated carbocycles. The van der Waals surface area contributed by atoms with Crippen LogP contribution in [0, 0.1) is 0 Å². The van der Waals surface area contributed by atoms with Gasteiger partial charge in [-0.3, -0.25) is 5.04 Å². The summed E-state index contributed by atoms with van der Waals surface area (Å²) in [5.41, 5.74) is 5.79. The highest BCUT2D eigenvalue weighted by molar-refractivity contribution is 7.94. The molecule has 0 spiro atoms. The average molecular weight is 620 g/mol. The minimum absolute atomic E-state index is 0.278.